The minimum atomic E-state index is -0.201. The van der Waals surface area contributed by atoms with Crippen LogP contribution in [0.5, 0.6) is 0 Å². The molecule has 0 fully saturated rings. The Morgan fingerprint density at radius 1 is 1.42 bits per heavy atom. The average molecular weight is 282 g/mol. The van der Waals surface area contributed by atoms with E-state index in [1.54, 1.807) is 6.92 Å². The molecule has 4 nitrogen and oxygen atoms in total. The maximum Gasteiger partial charge on any atom is 0.316 e. The lowest BCUT2D eigenvalue weighted by Crippen LogP contribution is -2.35. The minimum absolute atomic E-state index is 0.0946. The van der Waals surface area contributed by atoms with Crippen molar-refractivity contribution in [3.8, 4) is 0 Å². The van der Waals surface area contributed by atoms with Gasteiger partial charge >= 0.3 is 5.97 Å². The van der Waals surface area contributed by atoms with Crippen molar-refractivity contribution in [2.24, 2.45) is 0 Å². The molecule has 0 aliphatic heterocycles. The number of nitrogens with one attached hydrogen (secondary N) is 1. The molecule has 0 atom stereocenters. The van der Waals surface area contributed by atoms with Crippen LogP contribution in [0.2, 0.25) is 0 Å². The van der Waals surface area contributed by atoms with Gasteiger partial charge in [0, 0.05) is 18.3 Å². The van der Waals surface area contributed by atoms with E-state index < -0.39 is 0 Å². The number of carbonyl (C=O) groups is 1. The number of hydrogen-bond acceptors (Lipinski definition) is 5. The minimum Gasteiger partial charge on any atom is -0.465 e. The molecule has 0 aliphatic rings. The molecule has 0 spiro atoms. The lowest BCUT2D eigenvalue weighted by atomic mass is 10.1. The monoisotopic (exact) mass is 282 g/mol. The molecule has 0 radical (unpaired) electrons. The number of thioether (sulfide) groups is 1. The molecule has 1 heterocycles. The van der Waals surface area contributed by atoms with E-state index in [0.717, 1.165) is 17.1 Å². The van der Waals surface area contributed by atoms with Gasteiger partial charge in [-0.2, -0.15) is 0 Å². The number of nitrogens with zero attached hydrogens (tertiary/aromatic N) is 1. The van der Waals surface area contributed by atoms with Crippen molar-refractivity contribution in [3.63, 3.8) is 0 Å². The van der Waals surface area contributed by atoms with Crippen LogP contribution in [0.4, 0.5) is 0 Å². The fourth-order valence-corrected chi connectivity index (χ4v) is 1.94. The normalized spacial score (nSPS) is 11.4. The van der Waals surface area contributed by atoms with Gasteiger partial charge in [-0.1, -0.05) is 17.8 Å². The third kappa shape index (κ3) is 7.18. The number of carbonyl (C=O) groups excluding carboxylic acids is 1. The molecule has 1 rings (SSSR count). The Balaban J connectivity index is 2.41. The summed E-state index contributed by atoms with van der Waals surface area (Å²) in [7, 11) is 0. The molecule has 1 aromatic rings. The van der Waals surface area contributed by atoms with E-state index in [-0.39, 0.29) is 11.5 Å². The second-order valence-corrected chi connectivity index (χ2v) is 6.20. The van der Waals surface area contributed by atoms with Crippen LogP contribution in [0.25, 0.3) is 0 Å². The number of esters is 1. The fraction of sp³-hybridized carbons (Fsp3) is 0.571. The summed E-state index contributed by atoms with van der Waals surface area (Å²) < 4.78 is 4.87. The third-order valence-electron chi connectivity index (χ3n) is 2.26. The van der Waals surface area contributed by atoms with E-state index >= 15 is 0 Å². The van der Waals surface area contributed by atoms with Crippen LogP contribution in [0.15, 0.2) is 23.4 Å². The summed E-state index contributed by atoms with van der Waals surface area (Å²) in [6.07, 6.45) is 1.84. The molecular formula is C14H22N2O2S. The summed E-state index contributed by atoms with van der Waals surface area (Å²) in [4.78, 5) is 15.5. The summed E-state index contributed by atoms with van der Waals surface area (Å²) in [6.45, 7) is 9.40. The highest BCUT2D eigenvalue weighted by molar-refractivity contribution is 7.99. The molecular weight excluding hydrogens is 260 g/mol. The van der Waals surface area contributed by atoms with Gasteiger partial charge in [0.1, 0.15) is 0 Å². The molecule has 5 heteroatoms. The lowest BCUT2D eigenvalue weighted by Gasteiger charge is -2.20. The highest BCUT2D eigenvalue weighted by Gasteiger charge is 2.09. The van der Waals surface area contributed by atoms with Gasteiger partial charge in [-0.3, -0.25) is 4.79 Å². The topological polar surface area (TPSA) is 51.2 Å². The zero-order valence-electron chi connectivity index (χ0n) is 12.0. The summed E-state index contributed by atoms with van der Waals surface area (Å²) in [5, 5.41) is 4.24. The first-order valence-corrected chi connectivity index (χ1v) is 7.37. The van der Waals surface area contributed by atoms with Crippen molar-refractivity contribution >= 4 is 17.7 Å². The zero-order valence-corrected chi connectivity index (χ0v) is 12.8. The first kappa shape index (κ1) is 16.0. The van der Waals surface area contributed by atoms with E-state index in [9.17, 15) is 4.79 Å². The van der Waals surface area contributed by atoms with Crippen LogP contribution in [0.3, 0.4) is 0 Å². The van der Waals surface area contributed by atoms with Crippen LogP contribution >= 0.6 is 11.8 Å². The standard InChI is InChI=1S/C14H22N2O2S/c1-5-18-13(17)10-19-12-7-6-11(8-15-12)9-16-14(2,3)4/h6-8,16H,5,9-10H2,1-4H3. The first-order valence-electron chi connectivity index (χ1n) is 6.39. The summed E-state index contributed by atoms with van der Waals surface area (Å²) in [6, 6.07) is 3.96. The Morgan fingerprint density at radius 3 is 2.68 bits per heavy atom. The Labute approximate surface area is 119 Å². The van der Waals surface area contributed by atoms with Crippen molar-refractivity contribution in [1.29, 1.82) is 0 Å². The van der Waals surface area contributed by atoms with Crippen molar-refractivity contribution in [2.45, 2.75) is 44.8 Å². The largest absolute Gasteiger partial charge is 0.465 e. The predicted molar refractivity (Wildman–Crippen MR) is 78.2 cm³/mol. The number of aromatic nitrogens is 1. The van der Waals surface area contributed by atoms with Crippen LogP contribution in [-0.4, -0.2) is 28.9 Å². The van der Waals surface area contributed by atoms with Crippen LogP contribution in [0, 0.1) is 0 Å². The SMILES string of the molecule is CCOC(=O)CSc1ccc(CNC(C)(C)C)cn1. The first-order chi connectivity index (χ1) is 8.90. The molecule has 19 heavy (non-hydrogen) atoms. The van der Waals surface area contributed by atoms with Crippen LogP contribution in [-0.2, 0) is 16.1 Å². The second-order valence-electron chi connectivity index (χ2n) is 5.20. The fourth-order valence-electron chi connectivity index (χ4n) is 1.30. The Morgan fingerprint density at radius 2 is 2.16 bits per heavy atom. The van der Waals surface area contributed by atoms with Gasteiger partial charge in [-0.05, 0) is 39.3 Å². The Kier molecular flexibility index (Phi) is 6.31. The van der Waals surface area contributed by atoms with Gasteiger partial charge in [0.25, 0.3) is 0 Å². The molecule has 0 saturated heterocycles. The Bertz CT molecular complexity index is 399. The zero-order chi connectivity index (χ0) is 14.3. The van der Waals surface area contributed by atoms with Crippen molar-refractivity contribution in [1.82, 2.24) is 10.3 Å². The van der Waals surface area contributed by atoms with Gasteiger partial charge in [0.15, 0.2) is 0 Å². The lowest BCUT2D eigenvalue weighted by molar-refractivity contribution is -0.139. The van der Waals surface area contributed by atoms with E-state index in [0.29, 0.717) is 12.4 Å². The molecule has 1 N–H and O–H groups in total. The van der Waals surface area contributed by atoms with E-state index in [1.807, 2.05) is 18.3 Å². The molecule has 0 saturated carbocycles. The molecule has 0 amide bonds. The second kappa shape index (κ2) is 7.50. The molecule has 0 aromatic carbocycles. The van der Waals surface area contributed by atoms with E-state index in [1.165, 1.54) is 11.8 Å². The number of pyridine rings is 1. The molecule has 0 bridgehead atoms. The quantitative estimate of drug-likeness (QED) is 0.642. The van der Waals surface area contributed by atoms with Crippen molar-refractivity contribution in [3.05, 3.63) is 23.9 Å². The van der Waals surface area contributed by atoms with Gasteiger partial charge in [-0.25, -0.2) is 4.98 Å². The van der Waals surface area contributed by atoms with Crippen LogP contribution < -0.4 is 5.32 Å². The number of rotatable bonds is 6. The van der Waals surface area contributed by atoms with Gasteiger partial charge < -0.3 is 10.1 Å². The Hall–Kier alpha value is -1.07. The maximum atomic E-state index is 11.2. The van der Waals surface area contributed by atoms with E-state index in [2.05, 4.69) is 31.1 Å². The van der Waals surface area contributed by atoms with Crippen molar-refractivity contribution < 1.29 is 9.53 Å². The molecule has 0 aliphatic carbocycles. The van der Waals surface area contributed by atoms with Gasteiger partial charge in [0.2, 0.25) is 0 Å². The van der Waals surface area contributed by atoms with Gasteiger partial charge in [0.05, 0.1) is 17.4 Å². The van der Waals surface area contributed by atoms with Crippen LogP contribution in [0.1, 0.15) is 33.3 Å². The molecule has 106 valence electrons. The third-order valence-corrected chi connectivity index (χ3v) is 3.18. The average Bonchev–Trinajstić information content (AvgIpc) is 2.34. The summed E-state index contributed by atoms with van der Waals surface area (Å²) in [5.74, 6) is 0.105. The van der Waals surface area contributed by atoms with Crippen molar-refractivity contribution in [2.75, 3.05) is 12.4 Å². The highest BCUT2D eigenvalue weighted by Crippen LogP contribution is 2.15. The highest BCUT2D eigenvalue weighted by atomic mass is 32.2. The summed E-state index contributed by atoms with van der Waals surface area (Å²) >= 11 is 1.39. The summed E-state index contributed by atoms with van der Waals surface area (Å²) in [5.41, 5.74) is 1.23. The van der Waals surface area contributed by atoms with E-state index in [4.69, 9.17) is 4.74 Å². The maximum absolute atomic E-state index is 11.2. The number of ether oxygens (including phenoxy) is 1. The smallest absolute Gasteiger partial charge is 0.316 e. The number of hydrogen-bond donors (Lipinski definition) is 1. The molecule has 1 aromatic heterocycles. The van der Waals surface area contributed by atoms with Gasteiger partial charge in [-0.15, -0.1) is 0 Å². The molecule has 0 unspecified atom stereocenters. The predicted octanol–water partition coefficient (Wildman–Crippen LogP) is 2.62.